The molecule has 2 rings (SSSR count). The van der Waals surface area contributed by atoms with E-state index >= 15 is 0 Å². The van der Waals surface area contributed by atoms with Gasteiger partial charge in [0.05, 0.1) is 0 Å². The molecule has 0 radical (unpaired) electrons. The predicted octanol–water partition coefficient (Wildman–Crippen LogP) is 4.22. The molecule has 18 heavy (non-hydrogen) atoms. The second kappa shape index (κ2) is 5.67. The van der Waals surface area contributed by atoms with Crippen LogP contribution in [0, 0.1) is 0 Å². The van der Waals surface area contributed by atoms with Crippen LogP contribution in [0.1, 0.15) is 15.9 Å². The number of carbonyl (C=O) groups excluding carboxylic acids is 1. The quantitative estimate of drug-likeness (QED) is 0.651. The van der Waals surface area contributed by atoms with Gasteiger partial charge in [-0.3, -0.25) is 4.79 Å². The van der Waals surface area contributed by atoms with Crippen LogP contribution in [0.4, 0.5) is 5.69 Å². The van der Waals surface area contributed by atoms with Gasteiger partial charge in [-0.15, -0.1) is 0 Å². The SMILES string of the molecule is Nc1ccc(C(=O)Cc2ccccc2Br)cc1Br. The van der Waals surface area contributed by atoms with Gasteiger partial charge in [0.1, 0.15) is 0 Å². The maximum atomic E-state index is 12.1. The van der Waals surface area contributed by atoms with Gasteiger partial charge in [-0.05, 0) is 45.8 Å². The first-order chi connectivity index (χ1) is 8.58. The third kappa shape index (κ3) is 3.00. The van der Waals surface area contributed by atoms with Crippen molar-refractivity contribution >= 4 is 43.3 Å². The Morgan fingerprint density at radius 2 is 1.78 bits per heavy atom. The zero-order chi connectivity index (χ0) is 13.1. The molecule has 92 valence electrons. The van der Waals surface area contributed by atoms with E-state index in [4.69, 9.17) is 5.73 Å². The minimum Gasteiger partial charge on any atom is -0.398 e. The summed E-state index contributed by atoms with van der Waals surface area (Å²) in [5.41, 5.74) is 7.97. The number of Topliss-reactive ketones (excluding diaryl/α,β-unsaturated/α-hetero) is 1. The van der Waals surface area contributed by atoms with Gasteiger partial charge in [0.15, 0.2) is 5.78 Å². The van der Waals surface area contributed by atoms with E-state index in [-0.39, 0.29) is 5.78 Å². The van der Waals surface area contributed by atoms with Gasteiger partial charge < -0.3 is 5.73 Å². The molecule has 0 aliphatic carbocycles. The van der Waals surface area contributed by atoms with E-state index in [2.05, 4.69) is 31.9 Å². The van der Waals surface area contributed by atoms with Gasteiger partial charge in [-0.1, -0.05) is 34.1 Å². The number of carbonyl (C=O) groups is 1. The van der Waals surface area contributed by atoms with Crippen molar-refractivity contribution in [1.82, 2.24) is 0 Å². The number of nitrogens with two attached hydrogens (primary N) is 1. The van der Waals surface area contributed by atoms with E-state index in [1.165, 1.54) is 0 Å². The summed E-state index contributed by atoms with van der Waals surface area (Å²) in [4.78, 5) is 12.1. The van der Waals surface area contributed by atoms with Gasteiger partial charge in [0, 0.05) is 26.6 Å². The molecule has 0 aliphatic heterocycles. The Bertz CT molecular complexity index is 596. The van der Waals surface area contributed by atoms with Gasteiger partial charge >= 0.3 is 0 Å². The number of benzene rings is 2. The largest absolute Gasteiger partial charge is 0.398 e. The zero-order valence-corrected chi connectivity index (χ0v) is 12.7. The van der Waals surface area contributed by atoms with Crippen LogP contribution in [0.25, 0.3) is 0 Å². The molecule has 0 amide bonds. The summed E-state index contributed by atoms with van der Waals surface area (Å²) in [6, 6.07) is 13.0. The van der Waals surface area contributed by atoms with Crippen LogP contribution in [0.5, 0.6) is 0 Å². The Morgan fingerprint density at radius 3 is 2.44 bits per heavy atom. The van der Waals surface area contributed by atoms with E-state index in [9.17, 15) is 4.79 Å². The number of rotatable bonds is 3. The molecular weight excluding hydrogens is 358 g/mol. The van der Waals surface area contributed by atoms with Crippen LogP contribution in [-0.4, -0.2) is 5.78 Å². The minimum atomic E-state index is 0.0719. The van der Waals surface area contributed by atoms with Crippen molar-refractivity contribution in [2.45, 2.75) is 6.42 Å². The first kappa shape index (κ1) is 13.3. The topological polar surface area (TPSA) is 43.1 Å². The maximum Gasteiger partial charge on any atom is 0.167 e. The predicted molar refractivity (Wildman–Crippen MR) is 80.7 cm³/mol. The van der Waals surface area contributed by atoms with E-state index < -0.39 is 0 Å². The Morgan fingerprint density at radius 1 is 1.06 bits per heavy atom. The summed E-state index contributed by atoms with van der Waals surface area (Å²) in [5.74, 6) is 0.0719. The molecule has 2 nitrogen and oxygen atoms in total. The summed E-state index contributed by atoms with van der Waals surface area (Å²) >= 11 is 6.77. The summed E-state index contributed by atoms with van der Waals surface area (Å²) in [6.45, 7) is 0. The van der Waals surface area contributed by atoms with Crippen molar-refractivity contribution in [2.24, 2.45) is 0 Å². The molecule has 0 heterocycles. The number of hydrogen-bond donors (Lipinski definition) is 1. The Kier molecular flexibility index (Phi) is 4.19. The Labute approximate surface area is 122 Å². The molecule has 0 saturated heterocycles. The lowest BCUT2D eigenvalue weighted by Crippen LogP contribution is -2.04. The fourth-order valence-corrected chi connectivity index (χ4v) is 2.42. The van der Waals surface area contributed by atoms with Crippen molar-refractivity contribution < 1.29 is 4.79 Å². The van der Waals surface area contributed by atoms with Gasteiger partial charge in [-0.25, -0.2) is 0 Å². The second-order valence-corrected chi connectivity index (χ2v) is 5.64. The highest BCUT2D eigenvalue weighted by Gasteiger charge is 2.10. The van der Waals surface area contributed by atoms with Crippen LogP contribution < -0.4 is 5.73 Å². The average molecular weight is 369 g/mol. The van der Waals surface area contributed by atoms with Crippen LogP contribution >= 0.6 is 31.9 Å². The monoisotopic (exact) mass is 367 g/mol. The lowest BCUT2D eigenvalue weighted by Gasteiger charge is -2.05. The molecule has 2 aromatic rings. The van der Waals surface area contributed by atoms with E-state index in [0.29, 0.717) is 17.7 Å². The van der Waals surface area contributed by atoms with Crippen LogP contribution in [-0.2, 0) is 6.42 Å². The number of halogens is 2. The Balaban J connectivity index is 2.22. The standard InChI is InChI=1S/C14H11Br2NO/c15-11-4-2-1-3-9(11)8-14(18)10-5-6-13(17)12(16)7-10/h1-7H,8,17H2. The van der Waals surface area contributed by atoms with E-state index in [1.807, 2.05) is 24.3 Å². The summed E-state index contributed by atoms with van der Waals surface area (Å²) in [7, 11) is 0. The van der Waals surface area contributed by atoms with E-state index in [0.717, 1.165) is 14.5 Å². The number of hydrogen-bond acceptors (Lipinski definition) is 2. The fourth-order valence-electron chi connectivity index (χ4n) is 1.62. The first-order valence-corrected chi connectivity index (χ1v) is 6.98. The van der Waals surface area contributed by atoms with Gasteiger partial charge in [-0.2, -0.15) is 0 Å². The Hall–Kier alpha value is -1.13. The molecule has 4 heteroatoms. The summed E-state index contributed by atoms with van der Waals surface area (Å²) in [5, 5.41) is 0. The fraction of sp³-hybridized carbons (Fsp3) is 0.0714. The second-order valence-electron chi connectivity index (χ2n) is 3.93. The molecule has 0 saturated carbocycles. The number of anilines is 1. The third-order valence-corrected chi connectivity index (χ3v) is 4.09. The van der Waals surface area contributed by atoms with Crippen molar-refractivity contribution in [2.75, 3.05) is 5.73 Å². The highest BCUT2D eigenvalue weighted by Crippen LogP contribution is 2.23. The summed E-state index contributed by atoms with van der Waals surface area (Å²) in [6.07, 6.45) is 0.373. The molecule has 0 aliphatic rings. The van der Waals surface area contributed by atoms with Crippen LogP contribution in [0.3, 0.4) is 0 Å². The minimum absolute atomic E-state index is 0.0719. The van der Waals surface area contributed by atoms with Crippen LogP contribution in [0.2, 0.25) is 0 Å². The molecule has 0 bridgehead atoms. The molecule has 0 fully saturated rings. The number of ketones is 1. The molecule has 0 atom stereocenters. The third-order valence-electron chi connectivity index (χ3n) is 2.63. The lowest BCUT2D eigenvalue weighted by molar-refractivity contribution is 0.0993. The zero-order valence-electron chi connectivity index (χ0n) is 9.49. The highest BCUT2D eigenvalue weighted by atomic mass is 79.9. The summed E-state index contributed by atoms with van der Waals surface area (Å²) < 4.78 is 1.70. The average Bonchev–Trinajstić information content (AvgIpc) is 2.35. The lowest BCUT2D eigenvalue weighted by atomic mass is 10.0. The normalized spacial score (nSPS) is 10.3. The maximum absolute atomic E-state index is 12.1. The smallest absolute Gasteiger partial charge is 0.167 e. The van der Waals surface area contributed by atoms with Crippen LogP contribution in [0.15, 0.2) is 51.4 Å². The van der Waals surface area contributed by atoms with E-state index in [1.54, 1.807) is 18.2 Å². The van der Waals surface area contributed by atoms with Gasteiger partial charge in [0.2, 0.25) is 0 Å². The molecule has 2 aromatic carbocycles. The van der Waals surface area contributed by atoms with Gasteiger partial charge in [0.25, 0.3) is 0 Å². The highest BCUT2D eigenvalue weighted by molar-refractivity contribution is 9.10. The molecular formula is C14H11Br2NO. The first-order valence-electron chi connectivity index (χ1n) is 5.39. The van der Waals surface area contributed by atoms with Crippen molar-refractivity contribution in [3.05, 3.63) is 62.5 Å². The molecule has 0 spiro atoms. The van der Waals surface area contributed by atoms with Crippen molar-refractivity contribution in [3.63, 3.8) is 0 Å². The molecule has 0 unspecified atom stereocenters. The van der Waals surface area contributed by atoms with Crippen molar-refractivity contribution in [3.8, 4) is 0 Å². The molecule has 2 N–H and O–H groups in total. The number of nitrogen functional groups attached to an aromatic ring is 1. The van der Waals surface area contributed by atoms with Crippen molar-refractivity contribution in [1.29, 1.82) is 0 Å². The molecule has 0 aromatic heterocycles.